The van der Waals surface area contributed by atoms with Crippen LogP contribution < -0.4 is 10.1 Å². The van der Waals surface area contributed by atoms with Crippen molar-refractivity contribution in [2.75, 3.05) is 20.2 Å². The molecule has 6 nitrogen and oxygen atoms in total. The van der Waals surface area contributed by atoms with Gasteiger partial charge >= 0.3 is 0 Å². The SMILES string of the molecule is CN(CCOc1ccccc1Cl)C(=O)[C@H](Cc1c[nH]c2ccccc12)NC(=O)c1cccs1. The molecule has 4 aromatic rings. The number of H-pyrrole nitrogens is 1. The zero-order chi connectivity index (χ0) is 23.2. The smallest absolute Gasteiger partial charge is 0.262 e. The molecule has 2 aromatic carbocycles. The summed E-state index contributed by atoms with van der Waals surface area (Å²) < 4.78 is 5.72. The molecule has 0 aliphatic rings. The number of hydrogen-bond donors (Lipinski definition) is 2. The molecule has 0 aliphatic heterocycles. The van der Waals surface area contributed by atoms with Crippen LogP contribution in [0.4, 0.5) is 0 Å². The Hall–Kier alpha value is -3.29. The minimum absolute atomic E-state index is 0.187. The summed E-state index contributed by atoms with van der Waals surface area (Å²) in [6, 6.07) is 17.9. The fourth-order valence-electron chi connectivity index (χ4n) is 3.59. The lowest BCUT2D eigenvalue weighted by Crippen LogP contribution is -2.49. The van der Waals surface area contributed by atoms with Crippen molar-refractivity contribution in [1.29, 1.82) is 0 Å². The lowest BCUT2D eigenvalue weighted by Gasteiger charge is -2.24. The number of thiophene rings is 1. The van der Waals surface area contributed by atoms with Gasteiger partial charge in [0.2, 0.25) is 5.91 Å². The van der Waals surface area contributed by atoms with Crippen LogP contribution in [0, 0.1) is 0 Å². The number of rotatable bonds is 9. The average Bonchev–Trinajstić information content (AvgIpc) is 3.50. The first-order chi connectivity index (χ1) is 16.0. The highest BCUT2D eigenvalue weighted by Gasteiger charge is 2.26. The third-order valence-corrected chi connectivity index (χ3v) is 6.53. The molecule has 0 bridgehead atoms. The zero-order valence-electron chi connectivity index (χ0n) is 18.1. The predicted octanol–water partition coefficient (Wildman–Crippen LogP) is 4.76. The Bertz CT molecular complexity index is 1240. The lowest BCUT2D eigenvalue weighted by atomic mass is 10.0. The van der Waals surface area contributed by atoms with Gasteiger partial charge in [-0.05, 0) is 35.2 Å². The van der Waals surface area contributed by atoms with E-state index in [1.807, 2.05) is 54.0 Å². The molecule has 0 saturated heterocycles. The fraction of sp³-hybridized carbons (Fsp3) is 0.200. The summed E-state index contributed by atoms with van der Waals surface area (Å²) in [4.78, 5) is 31.5. The number of hydrogen-bond acceptors (Lipinski definition) is 4. The summed E-state index contributed by atoms with van der Waals surface area (Å²) in [5.41, 5.74) is 1.96. The van der Waals surface area contributed by atoms with E-state index in [2.05, 4.69) is 10.3 Å². The van der Waals surface area contributed by atoms with Gasteiger partial charge in [0.15, 0.2) is 0 Å². The molecule has 170 valence electrons. The molecular formula is C25H24ClN3O3S. The summed E-state index contributed by atoms with van der Waals surface area (Å²) in [6.07, 6.45) is 2.26. The van der Waals surface area contributed by atoms with Gasteiger partial charge < -0.3 is 19.9 Å². The number of amides is 2. The number of carbonyl (C=O) groups is 2. The second-order valence-corrected chi connectivity index (χ2v) is 8.96. The Labute approximate surface area is 201 Å². The largest absolute Gasteiger partial charge is 0.490 e. The molecule has 0 spiro atoms. The average molecular weight is 482 g/mol. The third kappa shape index (κ3) is 5.56. The minimum Gasteiger partial charge on any atom is -0.490 e. The van der Waals surface area contributed by atoms with E-state index in [9.17, 15) is 9.59 Å². The highest BCUT2D eigenvalue weighted by Crippen LogP contribution is 2.23. The predicted molar refractivity (Wildman–Crippen MR) is 132 cm³/mol. The molecule has 4 rings (SSSR count). The van der Waals surface area contributed by atoms with Gasteiger partial charge in [0.1, 0.15) is 18.4 Å². The van der Waals surface area contributed by atoms with Crippen LogP contribution in [0.2, 0.25) is 5.02 Å². The van der Waals surface area contributed by atoms with E-state index < -0.39 is 6.04 Å². The maximum absolute atomic E-state index is 13.3. The van der Waals surface area contributed by atoms with Gasteiger partial charge in [-0.15, -0.1) is 11.3 Å². The Morgan fingerprint density at radius 3 is 2.70 bits per heavy atom. The number of halogens is 1. The number of nitrogens with zero attached hydrogens (tertiary/aromatic N) is 1. The van der Waals surface area contributed by atoms with Crippen molar-refractivity contribution in [3.8, 4) is 5.75 Å². The maximum atomic E-state index is 13.3. The molecule has 0 aliphatic carbocycles. The number of ether oxygens (including phenoxy) is 1. The molecule has 33 heavy (non-hydrogen) atoms. The quantitative estimate of drug-likeness (QED) is 0.362. The number of aromatic nitrogens is 1. The molecule has 0 radical (unpaired) electrons. The Morgan fingerprint density at radius 2 is 1.91 bits per heavy atom. The van der Waals surface area contributed by atoms with E-state index >= 15 is 0 Å². The van der Waals surface area contributed by atoms with Gasteiger partial charge in [0, 0.05) is 30.6 Å². The monoisotopic (exact) mass is 481 g/mol. The third-order valence-electron chi connectivity index (χ3n) is 5.34. The van der Waals surface area contributed by atoms with Gasteiger partial charge in [-0.3, -0.25) is 9.59 Å². The van der Waals surface area contributed by atoms with Gasteiger partial charge in [0.05, 0.1) is 16.4 Å². The molecule has 1 atom stereocenters. The second-order valence-electron chi connectivity index (χ2n) is 7.61. The molecular weight excluding hydrogens is 458 g/mol. The summed E-state index contributed by atoms with van der Waals surface area (Å²) in [7, 11) is 1.71. The van der Waals surface area contributed by atoms with E-state index in [-0.39, 0.29) is 18.4 Å². The molecule has 8 heteroatoms. The van der Waals surface area contributed by atoms with Crippen LogP contribution in [0.3, 0.4) is 0 Å². The van der Waals surface area contributed by atoms with Crippen LogP contribution in [0.25, 0.3) is 10.9 Å². The van der Waals surface area contributed by atoms with Gasteiger partial charge in [-0.25, -0.2) is 0 Å². The van der Waals surface area contributed by atoms with Crippen molar-refractivity contribution in [1.82, 2.24) is 15.2 Å². The van der Waals surface area contributed by atoms with E-state index in [0.29, 0.717) is 28.6 Å². The van der Waals surface area contributed by atoms with Crippen molar-refractivity contribution in [3.05, 3.63) is 87.7 Å². The van der Waals surface area contributed by atoms with Gasteiger partial charge in [0.25, 0.3) is 5.91 Å². The van der Waals surface area contributed by atoms with Crippen molar-refractivity contribution >= 4 is 45.7 Å². The first-order valence-corrected chi connectivity index (χ1v) is 11.8. The van der Waals surface area contributed by atoms with E-state index in [4.69, 9.17) is 16.3 Å². The molecule has 0 fully saturated rings. The van der Waals surface area contributed by atoms with Crippen molar-refractivity contribution in [2.45, 2.75) is 12.5 Å². The highest BCUT2D eigenvalue weighted by molar-refractivity contribution is 7.12. The molecule has 2 amide bonds. The number of para-hydroxylation sites is 2. The van der Waals surface area contributed by atoms with E-state index in [0.717, 1.165) is 16.5 Å². The summed E-state index contributed by atoms with van der Waals surface area (Å²) in [6.45, 7) is 0.633. The summed E-state index contributed by atoms with van der Waals surface area (Å²) >= 11 is 7.47. The molecule has 0 saturated carbocycles. The van der Waals surface area contributed by atoms with E-state index in [1.165, 1.54) is 11.3 Å². The zero-order valence-corrected chi connectivity index (χ0v) is 19.7. The first kappa shape index (κ1) is 22.9. The molecule has 2 heterocycles. The lowest BCUT2D eigenvalue weighted by molar-refractivity contribution is -0.132. The number of likely N-dealkylation sites (N-methyl/N-ethyl adjacent to an activating group) is 1. The number of nitrogens with one attached hydrogen (secondary N) is 2. The topological polar surface area (TPSA) is 74.4 Å². The number of aromatic amines is 1. The Morgan fingerprint density at radius 1 is 1.12 bits per heavy atom. The Balaban J connectivity index is 1.47. The van der Waals surface area contributed by atoms with Crippen molar-refractivity contribution in [2.24, 2.45) is 0 Å². The molecule has 2 N–H and O–H groups in total. The summed E-state index contributed by atoms with van der Waals surface area (Å²) in [5.74, 6) is 0.123. The van der Waals surface area contributed by atoms with Crippen molar-refractivity contribution in [3.63, 3.8) is 0 Å². The fourth-order valence-corrected chi connectivity index (χ4v) is 4.41. The van der Waals surface area contributed by atoms with Crippen LogP contribution in [0.15, 0.2) is 72.2 Å². The van der Waals surface area contributed by atoms with Crippen LogP contribution in [-0.2, 0) is 11.2 Å². The van der Waals surface area contributed by atoms with Crippen LogP contribution in [-0.4, -0.2) is 47.9 Å². The maximum Gasteiger partial charge on any atom is 0.262 e. The number of carbonyl (C=O) groups excluding carboxylic acids is 2. The first-order valence-electron chi connectivity index (χ1n) is 10.5. The van der Waals surface area contributed by atoms with Gasteiger partial charge in [-0.1, -0.05) is 48.0 Å². The van der Waals surface area contributed by atoms with Crippen LogP contribution in [0.1, 0.15) is 15.2 Å². The highest BCUT2D eigenvalue weighted by atomic mass is 35.5. The minimum atomic E-state index is -0.718. The molecule has 0 unspecified atom stereocenters. The van der Waals surface area contributed by atoms with Crippen LogP contribution in [0.5, 0.6) is 5.75 Å². The van der Waals surface area contributed by atoms with Crippen LogP contribution >= 0.6 is 22.9 Å². The summed E-state index contributed by atoms with van der Waals surface area (Å²) in [5, 5.41) is 6.31. The Kier molecular flexibility index (Phi) is 7.32. The normalized spacial score (nSPS) is 11.8. The van der Waals surface area contributed by atoms with Crippen molar-refractivity contribution < 1.29 is 14.3 Å². The molecule has 2 aromatic heterocycles. The van der Waals surface area contributed by atoms with Gasteiger partial charge in [-0.2, -0.15) is 0 Å². The second kappa shape index (κ2) is 10.6. The number of fused-ring (bicyclic) bond motifs is 1. The number of benzene rings is 2. The standard InChI is InChI=1S/C25H24ClN3O3S/c1-29(12-13-32-22-10-5-3-8-19(22)26)25(31)21(28-24(30)23-11-6-14-33-23)15-17-16-27-20-9-4-2-7-18(17)20/h2-11,14,16,21,27H,12-13,15H2,1H3,(H,28,30)/t21-/m0/s1. The van der Waals surface area contributed by atoms with E-state index in [1.54, 1.807) is 30.1 Å².